The van der Waals surface area contributed by atoms with Crippen molar-refractivity contribution in [3.8, 4) is 5.75 Å². The third-order valence-electron chi connectivity index (χ3n) is 8.09. The SMILES string of the molecule is O=C(OCCCCCCCCCCCCOc1ccc(/C=C/c2ccc([N+](=O)[O-])cc2)cc1)C1CC2C=CC1C2. The molecule has 6 nitrogen and oxygen atoms in total. The van der Waals surface area contributed by atoms with Gasteiger partial charge in [0.2, 0.25) is 0 Å². The van der Waals surface area contributed by atoms with Crippen molar-refractivity contribution in [3.05, 3.63) is 81.9 Å². The van der Waals surface area contributed by atoms with Crippen molar-refractivity contribution in [3.63, 3.8) is 0 Å². The lowest BCUT2D eigenvalue weighted by molar-refractivity contribution is -0.384. The van der Waals surface area contributed by atoms with Crippen LogP contribution < -0.4 is 4.74 Å². The minimum Gasteiger partial charge on any atom is -0.494 e. The van der Waals surface area contributed by atoms with E-state index in [1.54, 1.807) is 12.1 Å². The molecular weight excluding hydrogens is 502 g/mol. The smallest absolute Gasteiger partial charge is 0.309 e. The Hall–Kier alpha value is -3.41. The maximum atomic E-state index is 12.2. The highest BCUT2D eigenvalue weighted by molar-refractivity contribution is 5.74. The molecule has 3 atom stereocenters. The molecule has 2 bridgehead atoms. The number of esters is 1. The normalized spacial score (nSPS) is 19.4. The zero-order valence-electron chi connectivity index (χ0n) is 23.5. The van der Waals surface area contributed by atoms with Gasteiger partial charge in [0.1, 0.15) is 5.75 Å². The number of nitrogens with zero attached hydrogens (tertiary/aromatic N) is 1. The van der Waals surface area contributed by atoms with Crippen molar-refractivity contribution in [2.75, 3.05) is 13.2 Å². The van der Waals surface area contributed by atoms with Crippen molar-refractivity contribution in [2.24, 2.45) is 17.8 Å². The summed E-state index contributed by atoms with van der Waals surface area (Å²) in [6.07, 6.45) is 22.6. The second-order valence-electron chi connectivity index (χ2n) is 11.2. The van der Waals surface area contributed by atoms with E-state index in [4.69, 9.17) is 9.47 Å². The maximum Gasteiger partial charge on any atom is 0.309 e. The van der Waals surface area contributed by atoms with E-state index in [0.29, 0.717) is 18.4 Å². The number of hydrogen-bond donors (Lipinski definition) is 0. The average Bonchev–Trinajstić information content (AvgIpc) is 3.61. The van der Waals surface area contributed by atoms with Gasteiger partial charge >= 0.3 is 5.97 Å². The summed E-state index contributed by atoms with van der Waals surface area (Å²) >= 11 is 0. The van der Waals surface area contributed by atoms with E-state index in [1.165, 1.54) is 57.1 Å². The van der Waals surface area contributed by atoms with E-state index in [2.05, 4.69) is 12.2 Å². The van der Waals surface area contributed by atoms with Gasteiger partial charge in [-0.05, 0) is 72.9 Å². The Kier molecular flexibility index (Phi) is 11.8. The van der Waals surface area contributed by atoms with Crippen molar-refractivity contribution in [2.45, 2.75) is 77.0 Å². The van der Waals surface area contributed by atoms with E-state index in [0.717, 1.165) is 55.6 Å². The number of benzene rings is 2. The highest BCUT2D eigenvalue weighted by Crippen LogP contribution is 2.43. The average molecular weight is 546 g/mol. The molecule has 0 aliphatic heterocycles. The topological polar surface area (TPSA) is 78.7 Å². The molecule has 0 amide bonds. The number of fused-ring (bicyclic) bond motifs is 2. The van der Waals surface area contributed by atoms with Gasteiger partial charge in [0.05, 0.1) is 24.1 Å². The number of allylic oxidation sites excluding steroid dienone is 2. The second-order valence-corrected chi connectivity index (χ2v) is 11.2. The minimum absolute atomic E-state index is 0.0337. The van der Waals surface area contributed by atoms with E-state index in [-0.39, 0.29) is 17.6 Å². The Morgan fingerprint density at radius 3 is 1.82 bits per heavy atom. The molecule has 214 valence electrons. The third-order valence-corrected chi connectivity index (χ3v) is 8.09. The molecule has 0 radical (unpaired) electrons. The summed E-state index contributed by atoms with van der Waals surface area (Å²) in [5.41, 5.74) is 2.07. The Balaban J connectivity index is 0.935. The predicted molar refractivity (Wildman–Crippen MR) is 160 cm³/mol. The summed E-state index contributed by atoms with van der Waals surface area (Å²) in [4.78, 5) is 22.6. The molecule has 2 aromatic rings. The van der Waals surface area contributed by atoms with Crippen molar-refractivity contribution >= 4 is 23.8 Å². The Morgan fingerprint density at radius 1 is 0.750 bits per heavy atom. The number of nitro benzene ring substituents is 1. The zero-order valence-corrected chi connectivity index (χ0v) is 23.5. The van der Waals surface area contributed by atoms with Gasteiger partial charge in [-0.25, -0.2) is 0 Å². The number of rotatable bonds is 18. The first-order valence-corrected chi connectivity index (χ1v) is 15.1. The van der Waals surface area contributed by atoms with Gasteiger partial charge in [-0.15, -0.1) is 0 Å². The van der Waals surface area contributed by atoms with Crippen LogP contribution in [0.1, 0.15) is 88.2 Å². The first kappa shape index (κ1) is 29.6. The van der Waals surface area contributed by atoms with Crippen LogP contribution in [0.3, 0.4) is 0 Å². The summed E-state index contributed by atoms with van der Waals surface area (Å²) in [5, 5.41) is 10.7. The summed E-state index contributed by atoms with van der Waals surface area (Å²) in [7, 11) is 0. The van der Waals surface area contributed by atoms with Crippen LogP contribution in [-0.4, -0.2) is 24.1 Å². The Bertz CT molecular complexity index is 1120. The number of carbonyl (C=O) groups is 1. The Labute approximate surface area is 238 Å². The molecule has 0 aromatic heterocycles. The first-order valence-electron chi connectivity index (χ1n) is 15.1. The maximum absolute atomic E-state index is 12.2. The van der Waals surface area contributed by atoms with Crippen molar-refractivity contribution in [1.29, 1.82) is 0 Å². The lowest BCUT2D eigenvalue weighted by Crippen LogP contribution is -2.21. The molecule has 1 fully saturated rings. The van der Waals surface area contributed by atoms with E-state index >= 15 is 0 Å². The van der Waals surface area contributed by atoms with E-state index < -0.39 is 4.92 Å². The lowest BCUT2D eigenvalue weighted by atomic mass is 9.94. The van der Waals surface area contributed by atoms with Crippen LogP contribution in [-0.2, 0) is 9.53 Å². The number of carbonyl (C=O) groups excluding carboxylic acids is 1. The highest BCUT2D eigenvalue weighted by atomic mass is 16.6. The molecular formula is C34H43NO5. The number of non-ortho nitro benzene ring substituents is 1. The van der Waals surface area contributed by atoms with Crippen LogP contribution in [0, 0.1) is 27.9 Å². The molecule has 1 saturated carbocycles. The van der Waals surface area contributed by atoms with Gasteiger partial charge in [0.15, 0.2) is 0 Å². The lowest BCUT2D eigenvalue weighted by Gasteiger charge is -2.16. The third kappa shape index (κ3) is 9.65. The fourth-order valence-electron chi connectivity index (χ4n) is 5.71. The van der Waals surface area contributed by atoms with Crippen LogP contribution in [0.15, 0.2) is 60.7 Å². The summed E-state index contributed by atoms with van der Waals surface area (Å²) in [5.74, 6) is 2.10. The molecule has 6 heteroatoms. The van der Waals surface area contributed by atoms with Crippen LogP contribution in [0.4, 0.5) is 5.69 Å². The minimum atomic E-state index is -0.391. The Morgan fingerprint density at radius 2 is 1.30 bits per heavy atom. The van der Waals surface area contributed by atoms with E-state index in [1.807, 2.05) is 36.4 Å². The summed E-state index contributed by atoms with van der Waals surface area (Å²) < 4.78 is 11.4. The van der Waals surface area contributed by atoms with Crippen LogP contribution in [0.25, 0.3) is 12.2 Å². The fraction of sp³-hybridized carbons (Fsp3) is 0.500. The van der Waals surface area contributed by atoms with Gasteiger partial charge in [-0.1, -0.05) is 87.8 Å². The van der Waals surface area contributed by atoms with Crippen molar-refractivity contribution < 1.29 is 19.2 Å². The summed E-state index contributed by atoms with van der Waals surface area (Å²) in [6, 6.07) is 14.5. The largest absolute Gasteiger partial charge is 0.494 e. The molecule has 0 saturated heterocycles. The van der Waals surface area contributed by atoms with Crippen LogP contribution in [0.5, 0.6) is 5.75 Å². The summed E-state index contributed by atoms with van der Waals surface area (Å²) in [6.45, 7) is 1.32. The highest BCUT2D eigenvalue weighted by Gasteiger charge is 2.40. The number of hydrogen-bond acceptors (Lipinski definition) is 5. The molecule has 3 unspecified atom stereocenters. The standard InChI is InChI=1S/C34H43NO5/c36-34(33-26-29-13-18-30(33)25-29)40-24-10-8-6-4-2-1-3-5-7-9-23-39-32-21-16-28(17-22-32)12-11-27-14-19-31(20-15-27)35(37)38/h11-22,29-30,33H,1-10,23-26H2/b12-11+. The first-order chi connectivity index (χ1) is 19.6. The number of ether oxygens (including phenoxy) is 2. The van der Waals surface area contributed by atoms with Gasteiger partial charge < -0.3 is 9.47 Å². The fourth-order valence-corrected chi connectivity index (χ4v) is 5.71. The van der Waals surface area contributed by atoms with Crippen molar-refractivity contribution in [1.82, 2.24) is 0 Å². The molecule has 2 aliphatic carbocycles. The van der Waals surface area contributed by atoms with E-state index in [9.17, 15) is 14.9 Å². The van der Waals surface area contributed by atoms with Crippen LogP contribution >= 0.6 is 0 Å². The number of nitro groups is 1. The van der Waals surface area contributed by atoms with Crippen LogP contribution in [0.2, 0.25) is 0 Å². The molecule has 4 rings (SSSR count). The number of unbranched alkanes of at least 4 members (excludes halogenated alkanes) is 9. The molecule has 0 heterocycles. The molecule has 40 heavy (non-hydrogen) atoms. The van der Waals surface area contributed by atoms with Gasteiger partial charge in [-0.2, -0.15) is 0 Å². The monoisotopic (exact) mass is 545 g/mol. The second kappa shape index (κ2) is 16.0. The molecule has 2 aliphatic rings. The van der Waals surface area contributed by atoms with Gasteiger partial charge in [0, 0.05) is 12.1 Å². The molecule has 2 aromatic carbocycles. The predicted octanol–water partition coefficient (Wildman–Crippen LogP) is 8.80. The molecule has 0 spiro atoms. The quantitative estimate of drug-likeness (QED) is 0.0467. The van der Waals surface area contributed by atoms with Gasteiger partial charge in [0.25, 0.3) is 5.69 Å². The molecule has 0 N–H and O–H groups in total. The van der Waals surface area contributed by atoms with Gasteiger partial charge in [-0.3, -0.25) is 14.9 Å². The zero-order chi connectivity index (χ0) is 28.0.